The summed E-state index contributed by atoms with van der Waals surface area (Å²) in [4.78, 5) is 0. The van der Waals surface area contributed by atoms with E-state index in [0.717, 1.165) is 5.39 Å². The molecule has 5 heteroatoms. The van der Waals surface area contributed by atoms with Crippen LogP contribution in [0, 0.1) is 0 Å². The zero-order valence-corrected chi connectivity index (χ0v) is 11.9. The van der Waals surface area contributed by atoms with Crippen molar-refractivity contribution >= 4 is 22.1 Å². The molecule has 0 saturated carbocycles. The van der Waals surface area contributed by atoms with Crippen molar-refractivity contribution in [2.45, 2.75) is 0 Å². The first-order valence-corrected chi connectivity index (χ1v) is 6.68. The molecule has 0 aliphatic carbocycles. The Labute approximate surface area is 127 Å². The number of methoxy groups -OCH3 is 1. The molecular weight excluding hydrogens is 280 g/mol. The van der Waals surface area contributed by atoms with Gasteiger partial charge in [0.25, 0.3) is 0 Å². The topological polar surface area (TPSA) is 74.4 Å². The quantitative estimate of drug-likeness (QED) is 0.689. The van der Waals surface area contributed by atoms with Crippen molar-refractivity contribution in [3.8, 4) is 17.2 Å². The Bertz CT molecular complexity index is 860. The fraction of sp³-hybridized carbons (Fsp3) is 0.0588. The molecule has 0 aliphatic heterocycles. The maximum Gasteiger partial charge on any atom is 0.150 e. The minimum Gasteiger partial charge on any atom is -0.508 e. The Kier molecular flexibility index (Phi) is 3.62. The fourth-order valence-corrected chi connectivity index (χ4v) is 2.19. The van der Waals surface area contributed by atoms with Crippen LogP contribution < -0.4 is 4.74 Å². The van der Waals surface area contributed by atoms with Gasteiger partial charge in [0.2, 0.25) is 0 Å². The molecule has 3 rings (SSSR count). The summed E-state index contributed by atoms with van der Waals surface area (Å²) in [5.41, 5.74) is 0.735. The first kappa shape index (κ1) is 13.9. The van der Waals surface area contributed by atoms with Crippen LogP contribution in [0.2, 0.25) is 0 Å². The summed E-state index contributed by atoms with van der Waals surface area (Å²) in [6.07, 6.45) is 0. The van der Waals surface area contributed by atoms with Gasteiger partial charge in [0.1, 0.15) is 22.9 Å². The molecule has 3 aromatic carbocycles. The predicted molar refractivity (Wildman–Crippen MR) is 84.4 cm³/mol. The fourth-order valence-electron chi connectivity index (χ4n) is 2.19. The Morgan fingerprint density at radius 3 is 2.45 bits per heavy atom. The molecule has 110 valence electrons. The minimum absolute atomic E-state index is 0.0671. The second kappa shape index (κ2) is 5.73. The van der Waals surface area contributed by atoms with Crippen LogP contribution in [-0.4, -0.2) is 17.3 Å². The minimum atomic E-state index is 0.0671. The van der Waals surface area contributed by atoms with Gasteiger partial charge >= 0.3 is 0 Å². The van der Waals surface area contributed by atoms with Crippen LogP contribution in [-0.2, 0) is 0 Å². The van der Waals surface area contributed by atoms with E-state index in [2.05, 4.69) is 10.2 Å². The van der Waals surface area contributed by atoms with Crippen LogP contribution in [0.15, 0.2) is 64.8 Å². The number of ether oxygens (including phenoxy) is 1. The maximum atomic E-state index is 10.3. The SMILES string of the molecule is COc1ccc(O)cc1N=Nc1ccc2ccccc2c1O. The number of nitrogens with zero attached hydrogens (tertiary/aromatic N) is 2. The zero-order valence-electron chi connectivity index (χ0n) is 11.9. The Hall–Kier alpha value is -3.08. The third kappa shape index (κ3) is 2.56. The van der Waals surface area contributed by atoms with Crippen molar-refractivity contribution in [1.82, 2.24) is 0 Å². The van der Waals surface area contributed by atoms with Gasteiger partial charge in [-0.15, -0.1) is 10.2 Å². The average molecular weight is 294 g/mol. The molecular formula is C17H14N2O3. The first-order valence-electron chi connectivity index (χ1n) is 6.68. The normalized spacial score (nSPS) is 11.1. The molecule has 0 fully saturated rings. The Morgan fingerprint density at radius 1 is 0.864 bits per heavy atom. The number of hydrogen-bond donors (Lipinski definition) is 2. The summed E-state index contributed by atoms with van der Waals surface area (Å²) in [5, 5.41) is 29.5. The summed E-state index contributed by atoms with van der Waals surface area (Å²) >= 11 is 0. The number of hydrogen-bond acceptors (Lipinski definition) is 5. The van der Waals surface area contributed by atoms with E-state index < -0.39 is 0 Å². The lowest BCUT2D eigenvalue weighted by Crippen LogP contribution is -1.82. The van der Waals surface area contributed by atoms with Crippen molar-refractivity contribution < 1.29 is 14.9 Å². The van der Waals surface area contributed by atoms with Gasteiger partial charge < -0.3 is 14.9 Å². The molecule has 2 N–H and O–H groups in total. The molecule has 0 radical (unpaired) electrons. The highest BCUT2D eigenvalue weighted by Gasteiger charge is 2.07. The Balaban J connectivity index is 2.03. The summed E-state index contributed by atoms with van der Waals surface area (Å²) in [6.45, 7) is 0. The van der Waals surface area contributed by atoms with Gasteiger partial charge in [0.15, 0.2) is 5.75 Å². The highest BCUT2D eigenvalue weighted by Crippen LogP contribution is 2.37. The molecule has 3 aromatic rings. The lowest BCUT2D eigenvalue weighted by molar-refractivity contribution is 0.413. The molecule has 0 spiro atoms. The Morgan fingerprint density at radius 2 is 1.64 bits per heavy atom. The van der Waals surface area contributed by atoms with E-state index in [4.69, 9.17) is 4.74 Å². The summed E-state index contributed by atoms with van der Waals surface area (Å²) < 4.78 is 5.16. The number of azo groups is 1. The van der Waals surface area contributed by atoms with E-state index in [9.17, 15) is 10.2 Å². The van der Waals surface area contributed by atoms with E-state index in [1.807, 2.05) is 30.3 Å². The third-order valence-corrected chi connectivity index (χ3v) is 3.31. The number of fused-ring (bicyclic) bond motifs is 1. The van der Waals surface area contributed by atoms with Crippen molar-refractivity contribution in [2.24, 2.45) is 10.2 Å². The van der Waals surface area contributed by atoms with Crippen LogP contribution in [0.3, 0.4) is 0 Å². The van der Waals surface area contributed by atoms with Crippen molar-refractivity contribution in [1.29, 1.82) is 0 Å². The number of rotatable bonds is 3. The molecule has 0 atom stereocenters. The highest BCUT2D eigenvalue weighted by atomic mass is 16.5. The average Bonchev–Trinajstić information content (AvgIpc) is 2.55. The number of aromatic hydroxyl groups is 2. The van der Waals surface area contributed by atoms with E-state index in [1.165, 1.54) is 19.2 Å². The van der Waals surface area contributed by atoms with Crippen molar-refractivity contribution in [3.63, 3.8) is 0 Å². The van der Waals surface area contributed by atoms with Gasteiger partial charge in [0, 0.05) is 11.5 Å². The summed E-state index contributed by atoms with van der Waals surface area (Å²) in [6, 6.07) is 15.6. The molecule has 22 heavy (non-hydrogen) atoms. The van der Waals surface area contributed by atoms with Crippen LogP contribution in [0.4, 0.5) is 11.4 Å². The van der Waals surface area contributed by atoms with Crippen LogP contribution >= 0.6 is 0 Å². The summed E-state index contributed by atoms with van der Waals surface area (Å²) in [5.74, 6) is 0.625. The second-order valence-corrected chi connectivity index (χ2v) is 4.71. The molecule has 0 unspecified atom stereocenters. The predicted octanol–water partition coefficient (Wildman–Crippen LogP) is 4.68. The van der Waals surface area contributed by atoms with E-state index in [0.29, 0.717) is 22.5 Å². The van der Waals surface area contributed by atoms with Gasteiger partial charge in [-0.3, -0.25) is 0 Å². The molecule has 5 nitrogen and oxygen atoms in total. The molecule has 0 aromatic heterocycles. The largest absolute Gasteiger partial charge is 0.508 e. The monoisotopic (exact) mass is 294 g/mol. The van der Waals surface area contributed by atoms with Gasteiger partial charge in [-0.1, -0.05) is 30.3 Å². The van der Waals surface area contributed by atoms with Gasteiger partial charge in [-0.05, 0) is 23.6 Å². The second-order valence-electron chi connectivity index (χ2n) is 4.71. The molecule has 0 heterocycles. The third-order valence-electron chi connectivity index (χ3n) is 3.31. The van der Waals surface area contributed by atoms with Crippen LogP contribution in [0.5, 0.6) is 17.2 Å². The van der Waals surface area contributed by atoms with E-state index in [1.54, 1.807) is 12.1 Å². The molecule has 0 amide bonds. The molecule has 0 aliphatic rings. The lowest BCUT2D eigenvalue weighted by Gasteiger charge is -2.05. The summed E-state index contributed by atoms with van der Waals surface area (Å²) in [7, 11) is 1.51. The van der Waals surface area contributed by atoms with Gasteiger partial charge in [-0.2, -0.15) is 0 Å². The number of benzene rings is 3. The smallest absolute Gasteiger partial charge is 0.150 e. The highest BCUT2D eigenvalue weighted by molar-refractivity contribution is 5.92. The van der Waals surface area contributed by atoms with Crippen LogP contribution in [0.1, 0.15) is 0 Å². The number of phenols is 2. The maximum absolute atomic E-state index is 10.3. The van der Waals surface area contributed by atoms with Crippen molar-refractivity contribution in [2.75, 3.05) is 7.11 Å². The van der Waals surface area contributed by atoms with Crippen molar-refractivity contribution in [3.05, 3.63) is 54.6 Å². The number of phenolic OH excluding ortho intramolecular Hbond substituents is 2. The zero-order chi connectivity index (χ0) is 15.5. The molecule has 0 bridgehead atoms. The van der Waals surface area contributed by atoms with Gasteiger partial charge in [-0.25, -0.2) is 0 Å². The molecule has 0 saturated heterocycles. The van der Waals surface area contributed by atoms with E-state index in [-0.39, 0.29) is 11.5 Å². The van der Waals surface area contributed by atoms with Crippen LogP contribution in [0.25, 0.3) is 10.8 Å². The standard InChI is InChI=1S/C17H14N2O3/c1-22-16-9-7-12(20)10-15(16)19-18-14-8-6-11-4-2-3-5-13(11)17(14)21/h2-10,20-21H,1H3. The first-order chi connectivity index (χ1) is 10.7. The lowest BCUT2D eigenvalue weighted by atomic mass is 10.1. The van der Waals surface area contributed by atoms with E-state index >= 15 is 0 Å². The van der Waals surface area contributed by atoms with Gasteiger partial charge in [0.05, 0.1) is 7.11 Å².